The van der Waals surface area contributed by atoms with Crippen LogP contribution in [0.25, 0.3) is 0 Å². The van der Waals surface area contributed by atoms with Crippen molar-refractivity contribution in [1.82, 2.24) is 0 Å². The maximum atomic E-state index is 5.53. The third kappa shape index (κ3) is 3.24. The Labute approximate surface area is 98.8 Å². The molecule has 2 heteroatoms. The molecule has 0 atom stereocenters. The second-order valence-corrected chi connectivity index (χ2v) is 5.18. The molecule has 1 rings (SSSR count). The maximum absolute atomic E-state index is 5.53. The van der Waals surface area contributed by atoms with E-state index in [2.05, 4.69) is 39.0 Å². The van der Waals surface area contributed by atoms with Crippen molar-refractivity contribution in [3.05, 3.63) is 29.3 Å². The summed E-state index contributed by atoms with van der Waals surface area (Å²) in [6.45, 7) is 7.36. The molecule has 0 fully saturated rings. The fraction of sp³-hybridized carbons (Fsp3) is 0.571. The average Bonchev–Trinajstić information content (AvgIpc) is 2.24. The normalized spacial score (nSPS) is 11.6. The van der Waals surface area contributed by atoms with Gasteiger partial charge in [0.15, 0.2) is 0 Å². The molecule has 0 radical (unpaired) electrons. The van der Waals surface area contributed by atoms with Crippen LogP contribution in [0.5, 0.6) is 5.75 Å². The zero-order valence-corrected chi connectivity index (χ0v) is 10.8. The van der Waals surface area contributed by atoms with Crippen LogP contribution in [0.4, 0.5) is 0 Å². The number of benzene rings is 1. The highest BCUT2D eigenvalue weighted by Crippen LogP contribution is 2.32. The van der Waals surface area contributed by atoms with Crippen molar-refractivity contribution in [2.24, 2.45) is 5.73 Å². The quantitative estimate of drug-likeness (QED) is 0.848. The van der Waals surface area contributed by atoms with Gasteiger partial charge in [0, 0.05) is 0 Å². The van der Waals surface area contributed by atoms with Gasteiger partial charge in [0.2, 0.25) is 0 Å². The Morgan fingerprint density at radius 2 is 1.94 bits per heavy atom. The summed E-state index contributed by atoms with van der Waals surface area (Å²) in [5.74, 6) is 0.976. The highest BCUT2D eigenvalue weighted by atomic mass is 16.5. The summed E-state index contributed by atoms with van der Waals surface area (Å²) in [7, 11) is 1.73. The van der Waals surface area contributed by atoms with Crippen LogP contribution in [0.2, 0.25) is 0 Å². The van der Waals surface area contributed by atoms with Gasteiger partial charge < -0.3 is 10.5 Å². The minimum atomic E-state index is 0.115. The molecular weight excluding hydrogens is 198 g/mol. The number of hydrogen-bond donors (Lipinski definition) is 1. The molecule has 2 nitrogen and oxygen atoms in total. The Bertz CT molecular complexity index is 339. The molecule has 0 heterocycles. The molecule has 1 aromatic carbocycles. The van der Waals surface area contributed by atoms with E-state index in [1.54, 1.807) is 7.11 Å². The third-order valence-corrected chi connectivity index (χ3v) is 2.74. The first-order chi connectivity index (χ1) is 7.49. The highest BCUT2D eigenvalue weighted by molar-refractivity contribution is 5.41. The Morgan fingerprint density at radius 1 is 1.25 bits per heavy atom. The van der Waals surface area contributed by atoms with Gasteiger partial charge >= 0.3 is 0 Å². The predicted molar refractivity (Wildman–Crippen MR) is 69.1 cm³/mol. The smallest absolute Gasteiger partial charge is 0.122 e. The first-order valence-electron chi connectivity index (χ1n) is 5.86. The van der Waals surface area contributed by atoms with Crippen LogP contribution < -0.4 is 10.5 Å². The molecule has 0 aromatic heterocycles. The zero-order chi connectivity index (χ0) is 12.2. The summed E-state index contributed by atoms with van der Waals surface area (Å²) >= 11 is 0. The van der Waals surface area contributed by atoms with Crippen LogP contribution in [-0.4, -0.2) is 13.7 Å². The lowest BCUT2D eigenvalue weighted by atomic mass is 9.85. The summed E-state index contributed by atoms with van der Waals surface area (Å²) in [4.78, 5) is 0. The monoisotopic (exact) mass is 221 g/mol. The van der Waals surface area contributed by atoms with Crippen molar-refractivity contribution in [1.29, 1.82) is 0 Å². The summed E-state index contributed by atoms with van der Waals surface area (Å²) < 4.78 is 5.41. The van der Waals surface area contributed by atoms with Crippen LogP contribution in [-0.2, 0) is 11.8 Å². The van der Waals surface area contributed by atoms with Gasteiger partial charge in [0.05, 0.1) is 7.11 Å². The van der Waals surface area contributed by atoms with Gasteiger partial charge in [0.25, 0.3) is 0 Å². The van der Waals surface area contributed by atoms with E-state index >= 15 is 0 Å². The number of methoxy groups -OCH3 is 1. The van der Waals surface area contributed by atoms with E-state index in [1.807, 2.05) is 0 Å². The molecule has 0 aliphatic carbocycles. The van der Waals surface area contributed by atoms with E-state index in [9.17, 15) is 0 Å². The average molecular weight is 221 g/mol. The van der Waals surface area contributed by atoms with Gasteiger partial charge in [-0.25, -0.2) is 0 Å². The largest absolute Gasteiger partial charge is 0.496 e. The van der Waals surface area contributed by atoms with Crippen molar-refractivity contribution < 1.29 is 4.74 Å². The van der Waals surface area contributed by atoms with Gasteiger partial charge in [-0.05, 0) is 42.0 Å². The molecule has 0 aliphatic heterocycles. The van der Waals surface area contributed by atoms with E-state index in [-0.39, 0.29) is 5.41 Å². The van der Waals surface area contributed by atoms with E-state index in [1.165, 1.54) is 11.1 Å². The Kier molecular flexibility index (Phi) is 4.36. The molecule has 1 aromatic rings. The standard InChI is InChI=1S/C14H23NO/c1-14(2,3)12-10-11(6-5-9-15)7-8-13(12)16-4/h7-8,10H,5-6,9,15H2,1-4H3. The van der Waals surface area contributed by atoms with Crippen molar-refractivity contribution in [3.8, 4) is 5.75 Å². The number of aryl methyl sites for hydroxylation is 1. The lowest BCUT2D eigenvalue weighted by molar-refractivity contribution is 0.397. The predicted octanol–water partition coefficient (Wildman–Crippen LogP) is 2.88. The van der Waals surface area contributed by atoms with Crippen molar-refractivity contribution in [2.75, 3.05) is 13.7 Å². The molecule has 16 heavy (non-hydrogen) atoms. The van der Waals surface area contributed by atoms with Crippen molar-refractivity contribution >= 4 is 0 Å². The van der Waals surface area contributed by atoms with Crippen LogP contribution in [0, 0.1) is 0 Å². The van der Waals surface area contributed by atoms with Crippen LogP contribution in [0.1, 0.15) is 38.3 Å². The molecule has 0 bridgehead atoms. The fourth-order valence-electron chi connectivity index (χ4n) is 1.80. The molecule has 90 valence electrons. The van der Waals surface area contributed by atoms with Crippen molar-refractivity contribution in [2.45, 2.75) is 39.0 Å². The van der Waals surface area contributed by atoms with E-state index in [4.69, 9.17) is 10.5 Å². The SMILES string of the molecule is COc1ccc(CCCN)cc1C(C)(C)C. The molecule has 0 spiro atoms. The second kappa shape index (κ2) is 5.35. The third-order valence-electron chi connectivity index (χ3n) is 2.74. The van der Waals surface area contributed by atoms with E-state index in [0.29, 0.717) is 0 Å². The first kappa shape index (κ1) is 13.0. The molecule has 0 amide bonds. The lowest BCUT2D eigenvalue weighted by Crippen LogP contribution is -2.13. The molecule has 2 N–H and O–H groups in total. The topological polar surface area (TPSA) is 35.2 Å². The fourth-order valence-corrected chi connectivity index (χ4v) is 1.80. The Hall–Kier alpha value is -1.02. The number of rotatable bonds is 4. The minimum Gasteiger partial charge on any atom is -0.496 e. The second-order valence-electron chi connectivity index (χ2n) is 5.18. The summed E-state index contributed by atoms with van der Waals surface area (Å²) in [6, 6.07) is 6.44. The molecule has 0 aliphatic rings. The summed E-state index contributed by atoms with van der Waals surface area (Å²) in [5, 5.41) is 0. The van der Waals surface area contributed by atoms with E-state index in [0.717, 1.165) is 25.1 Å². The number of nitrogens with two attached hydrogens (primary N) is 1. The van der Waals surface area contributed by atoms with Crippen LogP contribution in [0.15, 0.2) is 18.2 Å². The van der Waals surface area contributed by atoms with Gasteiger partial charge in [-0.2, -0.15) is 0 Å². The molecule has 0 saturated carbocycles. The van der Waals surface area contributed by atoms with Gasteiger partial charge in [-0.1, -0.05) is 32.9 Å². The number of hydrogen-bond acceptors (Lipinski definition) is 2. The Balaban J connectivity index is 3.02. The minimum absolute atomic E-state index is 0.115. The van der Waals surface area contributed by atoms with Gasteiger partial charge in [-0.15, -0.1) is 0 Å². The summed E-state index contributed by atoms with van der Waals surface area (Å²) in [6.07, 6.45) is 2.08. The zero-order valence-electron chi connectivity index (χ0n) is 10.8. The molecule has 0 unspecified atom stereocenters. The van der Waals surface area contributed by atoms with Gasteiger partial charge in [0.1, 0.15) is 5.75 Å². The first-order valence-corrected chi connectivity index (χ1v) is 5.86. The molecular formula is C14H23NO. The molecule has 0 saturated heterocycles. The number of ether oxygens (including phenoxy) is 1. The van der Waals surface area contributed by atoms with Crippen LogP contribution in [0.3, 0.4) is 0 Å². The summed E-state index contributed by atoms with van der Waals surface area (Å²) in [5.41, 5.74) is 8.26. The van der Waals surface area contributed by atoms with E-state index < -0.39 is 0 Å². The van der Waals surface area contributed by atoms with Crippen molar-refractivity contribution in [3.63, 3.8) is 0 Å². The maximum Gasteiger partial charge on any atom is 0.122 e. The Morgan fingerprint density at radius 3 is 2.44 bits per heavy atom. The lowest BCUT2D eigenvalue weighted by Gasteiger charge is -2.23. The van der Waals surface area contributed by atoms with Crippen LogP contribution >= 0.6 is 0 Å². The van der Waals surface area contributed by atoms with Gasteiger partial charge in [-0.3, -0.25) is 0 Å². The highest BCUT2D eigenvalue weighted by Gasteiger charge is 2.18.